The average molecular weight is 439 g/mol. The molecule has 0 unspecified atom stereocenters. The summed E-state index contributed by atoms with van der Waals surface area (Å²) in [5, 5.41) is 0. The van der Waals surface area contributed by atoms with Crippen LogP contribution < -0.4 is 5.49 Å². The van der Waals surface area contributed by atoms with E-state index in [-0.39, 0.29) is 16.7 Å². The van der Waals surface area contributed by atoms with Crippen LogP contribution in [0.3, 0.4) is 0 Å². The molecule has 0 amide bonds. The van der Waals surface area contributed by atoms with E-state index in [4.69, 9.17) is 14.5 Å². The summed E-state index contributed by atoms with van der Waals surface area (Å²) in [5.41, 5.74) is 1.87. The number of aromatic nitrogens is 2. The topological polar surface area (TPSA) is 82.8 Å². The predicted molar refractivity (Wildman–Crippen MR) is 123 cm³/mol. The maximum absolute atomic E-state index is 13.1. The Morgan fingerprint density at radius 2 is 1.30 bits per heavy atom. The fraction of sp³-hybridized carbons (Fsp3) is 0.0769. The Hall–Kier alpha value is -4.52. The number of rotatable bonds is 5. The zero-order valence-corrected chi connectivity index (χ0v) is 18.1. The Morgan fingerprint density at radius 3 is 1.88 bits per heavy atom. The van der Waals surface area contributed by atoms with Gasteiger partial charge in [-0.25, -0.2) is 19.6 Å². The SMILES string of the molecule is COC(=O)c1c(C(=O)OC)n(-c2ccccc2)c(-c2ccccc2)nc1=Nc1ccccc1. The van der Waals surface area contributed by atoms with Gasteiger partial charge in [0.1, 0.15) is 11.4 Å². The number of nitrogens with zero attached hydrogens (tertiary/aromatic N) is 3. The Labute approximate surface area is 190 Å². The zero-order chi connectivity index (χ0) is 23.2. The minimum absolute atomic E-state index is 0.0286. The third-order valence-corrected chi connectivity index (χ3v) is 4.91. The highest BCUT2D eigenvalue weighted by atomic mass is 16.5. The summed E-state index contributed by atoms with van der Waals surface area (Å²) >= 11 is 0. The molecule has 0 fully saturated rings. The van der Waals surface area contributed by atoms with E-state index < -0.39 is 11.9 Å². The van der Waals surface area contributed by atoms with Crippen LogP contribution in [0.4, 0.5) is 5.69 Å². The Kier molecular flexibility index (Phi) is 6.40. The standard InChI is InChI=1S/C26H21N3O4/c1-32-25(30)21-22(26(31)33-2)29(20-16-10-5-11-17-20)24(18-12-6-3-7-13-18)28-23(21)27-19-14-8-4-9-15-19/h3-17H,1-2H3. The van der Waals surface area contributed by atoms with Crippen molar-refractivity contribution in [3.63, 3.8) is 0 Å². The summed E-state index contributed by atoms with van der Waals surface area (Å²) in [7, 11) is 2.50. The van der Waals surface area contributed by atoms with Gasteiger partial charge in [0.05, 0.1) is 19.9 Å². The van der Waals surface area contributed by atoms with Crippen molar-refractivity contribution in [3.8, 4) is 17.1 Å². The number of hydrogen-bond acceptors (Lipinski definition) is 6. The van der Waals surface area contributed by atoms with Gasteiger partial charge in [0, 0.05) is 11.3 Å². The van der Waals surface area contributed by atoms with Gasteiger partial charge in [-0.2, -0.15) is 0 Å². The van der Waals surface area contributed by atoms with Crippen molar-refractivity contribution in [1.29, 1.82) is 0 Å². The Morgan fingerprint density at radius 1 is 0.758 bits per heavy atom. The van der Waals surface area contributed by atoms with Crippen molar-refractivity contribution in [3.05, 3.63) is 108 Å². The Bertz CT molecular complexity index is 1350. The van der Waals surface area contributed by atoms with E-state index in [1.807, 2.05) is 78.9 Å². The van der Waals surface area contributed by atoms with Gasteiger partial charge in [-0.15, -0.1) is 0 Å². The Balaban J connectivity index is 2.21. The van der Waals surface area contributed by atoms with Gasteiger partial charge in [-0.1, -0.05) is 66.7 Å². The van der Waals surface area contributed by atoms with E-state index in [1.54, 1.807) is 16.7 Å². The second-order valence-electron chi connectivity index (χ2n) is 6.95. The molecular weight excluding hydrogens is 418 g/mol. The second kappa shape index (κ2) is 9.74. The van der Waals surface area contributed by atoms with Crippen LogP contribution in [0.5, 0.6) is 0 Å². The van der Waals surface area contributed by atoms with E-state index in [0.29, 0.717) is 17.2 Å². The van der Waals surface area contributed by atoms with Crippen molar-refractivity contribution in [1.82, 2.24) is 9.55 Å². The minimum Gasteiger partial charge on any atom is -0.465 e. The van der Waals surface area contributed by atoms with E-state index >= 15 is 0 Å². The van der Waals surface area contributed by atoms with Crippen LogP contribution in [0.1, 0.15) is 20.8 Å². The smallest absolute Gasteiger partial charge is 0.356 e. The van der Waals surface area contributed by atoms with E-state index in [9.17, 15) is 9.59 Å². The fourth-order valence-electron chi connectivity index (χ4n) is 3.42. The van der Waals surface area contributed by atoms with Crippen LogP contribution in [-0.2, 0) is 9.47 Å². The van der Waals surface area contributed by atoms with Crippen molar-refractivity contribution in [2.24, 2.45) is 4.99 Å². The van der Waals surface area contributed by atoms with Crippen molar-refractivity contribution < 1.29 is 19.1 Å². The van der Waals surface area contributed by atoms with Gasteiger partial charge < -0.3 is 9.47 Å². The maximum Gasteiger partial charge on any atom is 0.356 e. The first-order chi connectivity index (χ1) is 16.1. The molecule has 0 spiro atoms. The molecule has 1 heterocycles. The molecular formula is C26H21N3O4. The molecule has 164 valence electrons. The number of para-hydroxylation sites is 2. The molecule has 0 saturated carbocycles. The molecule has 0 atom stereocenters. The van der Waals surface area contributed by atoms with Gasteiger partial charge >= 0.3 is 11.9 Å². The number of hydrogen-bond donors (Lipinski definition) is 0. The lowest BCUT2D eigenvalue weighted by atomic mass is 10.1. The molecule has 0 aliphatic heterocycles. The lowest BCUT2D eigenvalue weighted by molar-refractivity contribution is 0.0544. The largest absolute Gasteiger partial charge is 0.465 e. The lowest BCUT2D eigenvalue weighted by Crippen LogP contribution is -2.31. The van der Waals surface area contributed by atoms with Crippen LogP contribution in [0.15, 0.2) is 96.0 Å². The third-order valence-electron chi connectivity index (χ3n) is 4.91. The van der Waals surface area contributed by atoms with Crippen LogP contribution in [-0.4, -0.2) is 35.7 Å². The molecule has 4 aromatic rings. The van der Waals surface area contributed by atoms with Gasteiger partial charge in [0.2, 0.25) is 0 Å². The summed E-state index contributed by atoms with van der Waals surface area (Å²) in [6, 6.07) is 27.6. The monoisotopic (exact) mass is 439 g/mol. The number of benzene rings is 3. The number of esters is 2. The highest BCUT2D eigenvalue weighted by Crippen LogP contribution is 2.25. The van der Waals surface area contributed by atoms with Crippen LogP contribution in [0.25, 0.3) is 17.1 Å². The molecule has 0 saturated heterocycles. The highest BCUT2D eigenvalue weighted by Gasteiger charge is 2.29. The molecule has 1 aromatic heterocycles. The fourth-order valence-corrected chi connectivity index (χ4v) is 3.42. The van der Waals surface area contributed by atoms with Gasteiger partial charge in [0.15, 0.2) is 11.2 Å². The lowest BCUT2D eigenvalue weighted by Gasteiger charge is -2.20. The second-order valence-corrected chi connectivity index (χ2v) is 6.95. The van der Waals surface area contributed by atoms with Crippen LogP contribution >= 0.6 is 0 Å². The minimum atomic E-state index is -0.748. The molecule has 33 heavy (non-hydrogen) atoms. The van der Waals surface area contributed by atoms with E-state index in [1.165, 1.54) is 14.2 Å². The zero-order valence-electron chi connectivity index (χ0n) is 18.1. The van der Waals surface area contributed by atoms with E-state index in [0.717, 1.165) is 5.56 Å². The first-order valence-electron chi connectivity index (χ1n) is 10.2. The van der Waals surface area contributed by atoms with Gasteiger partial charge in [0.25, 0.3) is 0 Å². The molecule has 4 rings (SSSR count). The maximum atomic E-state index is 13.1. The number of methoxy groups -OCH3 is 2. The van der Waals surface area contributed by atoms with E-state index in [2.05, 4.69) is 4.99 Å². The molecule has 0 aliphatic rings. The molecule has 7 nitrogen and oxygen atoms in total. The summed E-state index contributed by atoms with van der Waals surface area (Å²) in [6.45, 7) is 0. The van der Waals surface area contributed by atoms with Crippen molar-refractivity contribution in [2.75, 3.05) is 14.2 Å². The highest BCUT2D eigenvalue weighted by molar-refractivity contribution is 6.02. The summed E-state index contributed by atoms with van der Waals surface area (Å²) in [6.07, 6.45) is 0. The summed E-state index contributed by atoms with van der Waals surface area (Å²) in [4.78, 5) is 35.4. The van der Waals surface area contributed by atoms with Crippen LogP contribution in [0, 0.1) is 0 Å². The van der Waals surface area contributed by atoms with Crippen molar-refractivity contribution in [2.45, 2.75) is 0 Å². The molecule has 0 N–H and O–H groups in total. The quantitative estimate of drug-likeness (QED) is 0.432. The average Bonchev–Trinajstić information content (AvgIpc) is 2.88. The number of ether oxygens (including phenoxy) is 2. The van der Waals surface area contributed by atoms with Crippen LogP contribution in [0.2, 0.25) is 0 Å². The van der Waals surface area contributed by atoms with Gasteiger partial charge in [-0.05, 0) is 24.3 Å². The predicted octanol–water partition coefficient (Wildman–Crippen LogP) is 4.34. The summed E-state index contributed by atoms with van der Waals surface area (Å²) in [5.74, 6) is -1.05. The molecule has 7 heteroatoms. The number of carbonyl (C=O) groups excluding carboxylic acids is 2. The normalized spacial score (nSPS) is 11.2. The molecule has 0 radical (unpaired) electrons. The third kappa shape index (κ3) is 4.43. The number of carbonyl (C=O) groups is 2. The van der Waals surface area contributed by atoms with Crippen molar-refractivity contribution >= 4 is 17.6 Å². The van der Waals surface area contributed by atoms with Gasteiger partial charge in [-0.3, -0.25) is 4.57 Å². The summed E-state index contributed by atoms with van der Waals surface area (Å²) < 4.78 is 11.7. The molecule has 0 bridgehead atoms. The molecule has 0 aliphatic carbocycles. The molecule has 3 aromatic carbocycles. The first kappa shape index (κ1) is 21.7. The first-order valence-corrected chi connectivity index (χ1v) is 10.2.